The minimum Gasteiger partial charge on any atom is -0.0617 e. The Kier molecular flexibility index (Phi) is 1.37. The van der Waals surface area contributed by atoms with E-state index in [9.17, 15) is 0 Å². The van der Waals surface area contributed by atoms with E-state index in [4.69, 9.17) is 0 Å². The van der Waals surface area contributed by atoms with Gasteiger partial charge in [-0.2, -0.15) is 0 Å². The van der Waals surface area contributed by atoms with Crippen molar-refractivity contribution < 1.29 is 0 Å². The number of hydrogen-bond donors (Lipinski definition) is 0. The molecule has 0 aromatic carbocycles. The molecule has 13 heavy (non-hydrogen) atoms. The van der Waals surface area contributed by atoms with Crippen molar-refractivity contribution >= 4 is 0 Å². The molecule has 4 rings (SSSR count). The Balaban J connectivity index is 2.08. The molecule has 4 saturated carbocycles. The average Bonchev–Trinajstić information content (AvgIpc) is 2.32. The SMILES string of the molecule is CC1C2CC3CCC1(C)CC2(C)C3. The molecule has 0 radical (unpaired) electrons. The zero-order valence-electron chi connectivity index (χ0n) is 9.27. The summed E-state index contributed by atoms with van der Waals surface area (Å²) in [5.41, 5.74) is 1.46. The Morgan fingerprint density at radius 3 is 2.62 bits per heavy atom. The summed E-state index contributed by atoms with van der Waals surface area (Å²) >= 11 is 0. The molecule has 0 spiro atoms. The predicted molar refractivity (Wildman–Crippen MR) is 55.4 cm³/mol. The van der Waals surface area contributed by atoms with Crippen molar-refractivity contribution in [3.05, 3.63) is 0 Å². The number of rotatable bonds is 0. The summed E-state index contributed by atoms with van der Waals surface area (Å²) in [7, 11) is 0. The van der Waals surface area contributed by atoms with Gasteiger partial charge in [0.15, 0.2) is 0 Å². The summed E-state index contributed by atoms with van der Waals surface area (Å²) in [5.74, 6) is 3.18. The lowest BCUT2D eigenvalue weighted by atomic mass is 9.76. The van der Waals surface area contributed by atoms with Crippen LogP contribution in [0.2, 0.25) is 0 Å². The van der Waals surface area contributed by atoms with Crippen LogP contribution in [-0.2, 0) is 0 Å². The molecule has 5 unspecified atom stereocenters. The van der Waals surface area contributed by atoms with Gasteiger partial charge in [-0.25, -0.2) is 0 Å². The van der Waals surface area contributed by atoms with Crippen molar-refractivity contribution in [3.8, 4) is 0 Å². The topological polar surface area (TPSA) is 0 Å². The quantitative estimate of drug-likeness (QED) is 0.528. The van der Waals surface area contributed by atoms with Crippen molar-refractivity contribution in [2.24, 2.45) is 28.6 Å². The smallest absolute Gasteiger partial charge is 0.0287 e. The maximum Gasteiger partial charge on any atom is -0.0287 e. The van der Waals surface area contributed by atoms with Gasteiger partial charge in [-0.05, 0) is 60.7 Å². The first kappa shape index (κ1) is 8.32. The zero-order valence-corrected chi connectivity index (χ0v) is 9.27. The molecule has 74 valence electrons. The highest BCUT2D eigenvalue weighted by atomic mass is 14.6. The van der Waals surface area contributed by atoms with Gasteiger partial charge < -0.3 is 0 Å². The summed E-state index contributed by atoms with van der Waals surface area (Å²) in [5, 5.41) is 0. The fraction of sp³-hybridized carbons (Fsp3) is 1.00. The van der Waals surface area contributed by atoms with E-state index in [1.54, 1.807) is 12.8 Å². The Bertz CT molecular complexity index is 242. The molecule has 0 N–H and O–H groups in total. The second kappa shape index (κ2) is 2.15. The van der Waals surface area contributed by atoms with Crippen LogP contribution in [0.15, 0.2) is 0 Å². The molecule has 0 aliphatic heterocycles. The summed E-state index contributed by atoms with van der Waals surface area (Å²) in [6, 6.07) is 0. The summed E-state index contributed by atoms with van der Waals surface area (Å²) in [6.07, 6.45) is 7.70. The van der Waals surface area contributed by atoms with E-state index in [0.717, 1.165) is 23.2 Å². The molecular formula is C13H22. The second-order valence-electron chi connectivity index (χ2n) is 6.72. The standard InChI is InChI=1S/C13H22/c1-9-11-6-10-4-5-12(9,2)8-13(11,3)7-10/h9-11H,4-8H2,1-3H3. The highest BCUT2D eigenvalue weighted by molar-refractivity contribution is 5.10. The van der Waals surface area contributed by atoms with Crippen molar-refractivity contribution in [2.45, 2.75) is 52.9 Å². The van der Waals surface area contributed by atoms with Crippen LogP contribution < -0.4 is 0 Å². The van der Waals surface area contributed by atoms with E-state index >= 15 is 0 Å². The normalized spacial score (nSPS) is 64.4. The largest absolute Gasteiger partial charge is 0.0617 e. The van der Waals surface area contributed by atoms with Gasteiger partial charge in [0.25, 0.3) is 0 Å². The second-order valence-corrected chi connectivity index (χ2v) is 6.72. The first-order valence-electron chi connectivity index (χ1n) is 6.04. The summed E-state index contributed by atoms with van der Waals surface area (Å²) in [6.45, 7) is 7.66. The maximum absolute atomic E-state index is 2.57. The number of hydrogen-bond acceptors (Lipinski definition) is 0. The lowest BCUT2D eigenvalue weighted by molar-refractivity contribution is 0.208. The van der Waals surface area contributed by atoms with Gasteiger partial charge in [-0.3, -0.25) is 0 Å². The van der Waals surface area contributed by atoms with Crippen LogP contribution in [0.4, 0.5) is 0 Å². The minimum atomic E-state index is 0.713. The third-order valence-corrected chi connectivity index (χ3v) is 5.87. The number of fused-ring (bicyclic) bond motifs is 1. The molecule has 0 saturated heterocycles. The van der Waals surface area contributed by atoms with Gasteiger partial charge in [0.05, 0.1) is 0 Å². The summed E-state index contributed by atoms with van der Waals surface area (Å²) < 4.78 is 0. The van der Waals surface area contributed by atoms with Gasteiger partial charge in [-0.15, -0.1) is 0 Å². The van der Waals surface area contributed by atoms with Crippen molar-refractivity contribution in [1.82, 2.24) is 0 Å². The fourth-order valence-electron chi connectivity index (χ4n) is 5.19. The highest BCUT2D eigenvalue weighted by Gasteiger charge is 2.60. The van der Waals surface area contributed by atoms with Gasteiger partial charge >= 0.3 is 0 Å². The molecule has 0 aromatic rings. The molecule has 4 aliphatic rings. The third kappa shape index (κ3) is 0.877. The van der Waals surface area contributed by atoms with Crippen LogP contribution in [-0.4, -0.2) is 0 Å². The third-order valence-electron chi connectivity index (χ3n) is 5.87. The lowest BCUT2D eigenvalue weighted by Gasteiger charge is -2.29. The molecule has 0 heterocycles. The fourth-order valence-corrected chi connectivity index (χ4v) is 5.19. The van der Waals surface area contributed by atoms with Crippen molar-refractivity contribution in [2.75, 3.05) is 0 Å². The summed E-state index contributed by atoms with van der Waals surface area (Å²) in [4.78, 5) is 0. The molecule has 0 nitrogen and oxygen atoms in total. The first-order chi connectivity index (χ1) is 6.04. The van der Waals surface area contributed by atoms with E-state index in [1.807, 2.05) is 0 Å². The lowest BCUT2D eigenvalue weighted by Crippen LogP contribution is -2.20. The zero-order chi connectivity index (χ0) is 9.27. The Morgan fingerprint density at radius 1 is 1.15 bits per heavy atom. The van der Waals surface area contributed by atoms with Crippen LogP contribution in [0.3, 0.4) is 0 Å². The van der Waals surface area contributed by atoms with Crippen molar-refractivity contribution in [1.29, 1.82) is 0 Å². The minimum absolute atomic E-state index is 0.713. The molecular weight excluding hydrogens is 156 g/mol. The monoisotopic (exact) mass is 178 g/mol. The maximum atomic E-state index is 2.57. The molecule has 5 atom stereocenters. The van der Waals surface area contributed by atoms with Gasteiger partial charge in [-0.1, -0.05) is 20.8 Å². The molecule has 0 amide bonds. The molecule has 4 bridgehead atoms. The van der Waals surface area contributed by atoms with Crippen molar-refractivity contribution in [3.63, 3.8) is 0 Å². The van der Waals surface area contributed by atoms with E-state index in [1.165, 1.54) is 19.3 Å². The van der Waals surface area contributed by atoms with Gasteiger partial charge in [0, 0.05) is 0 Å². The molecule has 4 aliphatic carbocycles. The molecule has 4 fully saturated rings. The Hall–Kier alpha value is 0. The van der Waals surface area contributed by atoms with Gasteiger partial charge in [0.2, 0.25) is 0 Å². The van der Waals surface area contributed by atoms with Gasteiger partial charge in [0.1, 0.15) is 0 Å². The van der Waals surface area contributed by atoms with E-state index in [2.05, 4.69) is 20.8 Å². The first-order valence-corrected chi connectivity index (χ1v) is 6.04. The van der Waals surface area contributed by atoms with E-state index in [0.29, 0.717) is 5.41 Å². The van der Waals surface area contributed by atoms with Crippen LogP contribution in [0.25, 0.3) is 0 Å². The molecule has 0 aromatic heterocycles. The van der Waals surface area contributed by atoms with E-state index in [-0.39, 0.29) is 0 Å². The van der Waals surface area contributed by atoms with Crippen LogP contribution in [0.1, 0.15) is 52.9 Å². The van der Waals surface area contributed by atoms with Crippen LogP contribution >= 0.6 is 0 Å². The Morgan fingerprint density at radius 2 is 1.92 bits per heavy atom. The highest BCUT2D eigenvalue weighted by Crippen LogP contribution is 2.69. The van der Waals surface area contributed by atoms with Crippen LogP contribution in [0, 0.1) is 28.6 Å². The van der Waals surface area contributed by atoms with Crippen LogP contribution in [0.5, 0.6) is 0 Å². The van der Waals surface area contributed by atoms with E-state index < -0.39 is 0 Å². The molecule has 0 heteroatoms. The predicted octanol–water partition coefficient (Wildman–Crippen LogP) is 3.86. The average molecular weight is 178 g/mol. The Labute approximate surface area is 82.1 Å².